The van der Waals surface area contributed by atoms with Gasteiger partial charge in [0.15, 0.2) is 0 Å². The van der Waals surface area contributed by atoms with Crippen LogP contribution in [-0.2, 0) is 4.79 Å². The normalized spacial score (nSPS) is 13.9. The molecule has 34 heavy (non-hydrogen) atoms. The quantitative estimate of drug-likeness (QED) is 0.593. The molecule has 1 aliphatic rings. The predicted molar refractivity (Wildman–Crippen MR) is 132 cm³/mol. The zero-order valence-corrected chi connectivity index (χ0v) is 19.3. The number of hydrogen-bond acceptors (Lipinski definition) is 3. The molecule has 3 aromatic rings. The maximum absolute atomic E-state index is 12.6. The average Bonchev–Trinajstić information content (AvgIpc) is 2.88. The van der Waals surface area contributed by atoms with Gasteiger partial charge in [0.05, 0.1) is 6.54 Å². The summed E-state index contributed by atoms with van der Waals surface area (Å²) in [6, 6.07) is 24.8. The summed E-state index contributed by atoms with van der Waals surface area (Å²) >= 11 is 0. The van der Waals surface area contributed by atoms with Gasteiger partial charge in [0.2, 0.25) is 5.91 Å². The number of aryl methyl sites for hydroxylation is 1. The molecule has 0 bridgehead atoms. The van der Waals surface area contributed by atoms with E-state index in [4.69, 9.17) is 0 Å². The number of piperidine rings is 1. The second-order valence-corrected chi connectivity index (χ2v) is 8.57. The van der Waals surface area contributed by atoms with Crippen molar-refractivity contribution in [1.29, 1.82) is 0 Å². The zero-order valence-electron chi connectivity index (χ0n) is 19.3. The van der Waals surface area contributed by atoms with Gasteiger partial charge in [0, 0.05) is 30.3 Å². The number of nitrogens with zero attached hydrogens (tertiary/aromatic N) is 1. The number of benzene rings is 3. The highest BCUT2D eigenvalue weighted by Gasteiger charge is 2.24. The largest absolute Gasteiger partial charge is 0.349 e. The first-order valence-corrected chi connectivity index (χ1v) is 11.6. The van der Waals surface area contributed by atoms with Crippen LogP contribution in [0.25, 0.3) is 11.1 Å². The van der Waals surface area contributed by atoms with Crippen molar-refractivity contribution >= 4 is 17.7 Å². The lowest BCUT2D eigenvalue weighted by molar-refractivity contribution is -0.131. The third kappa shape index (κ3) is 5.70. The fourth-order valence-electron chi connectivity index (χ4n) is 4.18. The highest BCUT2D eigenvalue weighted by molar-refractivity contribution is 5.97. The van der Waals surface area contributed by atoms with Crippen LogP contribution in [0.2, 0.25) is 0 Å². The highest BCUT2D eigenvalue weighted by Crippen LogP contribution is 2.19. The fraction of sp³-hybridized carbons (Fsp3) is 0.250. The zero-order chi connectivity index (χ0) is 23.9. The molecule has 1 aliphatic heterocycles. The summed E-state index contributed by atoms with van der Waals surface area (Å²) in [4.78, 5) is 39.3. The van der Waals surface area contributed by atoms with Gasteiger partial charge in [-0.2, -0.15) is 0 Å². The predicted octanol–water partition coefficient (Wildman–Crippen LogP) is 3.81. The Morgan fingerprint density at radius 1 is 0.794 bits per heavy atom. The molecule has 174 valence electrons. The van der Waals surface area contributed by atoms with Gasteiger partial charge in [0.1, 0.15) is 0 Å². The van der Waals surface area contributed by atoms with E-state index in [1.54, 1.807) is 17.0 Å². The lowest BCUT2D eigenvalue weighted by Gasteiger charge is -2.32. The van der Waals surface area contributed by atoms with Crippen molar-refractivity contribution in [3.05, 3.63) is 95.6 Å². The molecule has 1 fully saturated rings. The van der Waals surface area contributed by atoms with Gasteiger partial charge in [-0.3, -0.25) is 14.4 Å². The molecular weight excluding hydrogens is 426 g/mol. The molecule has 3 amide bonds. The van der Waals surface area contributed by atoms with Gasteiger partial charge < -0.3 is 15.5 Å². The summed E-state index contributed by atoms with van der Waals surface area (Å²) < 4.78 is 0. The molecule has 0 saturated carbocycles. The number of carbonyl (C=O) groups excluding carboxylic acids is 3. The van der Waals surface area contributed by atoms with Crippen LogP contribution in [0.5, 0.6) is 0 Å². The molecular formula is C28H29N3O3. The summed E-state index contributed by atoms with van der Waals surface area (Å²) in [7, 11) is 0. The van der Waals surface area contributed by atoms with E-state index in [0.717, 1.165) is 16.7 Å². The van der Waals surface area contributed by atoms with Crippen LogP contribution in [0.1, 0.15) is 39.1 Å². The van der Waals surface area contributed by atoms with Crippen LogP contribution in [-0.4, -0.2) is 48.3 Å². The molecule has 2 N–H and O–H groups in total. The number of carbonyl (C=O) groups is 3. The minimum absolute atomic E-state index is 0.0360. The van der Waals surface area contributed by atoms with Crippen LogP contribution in [0, 0.1) is 6.92 Å². The average molecular weight is 456 g/mol. The van der Waals surface area contributed by atoms with Gasteiger partial charge in [0.25, 0.3) is 11.8 Å². The van der Waals surface area contributed by atoms with Crippen molar-refractivity contribution in [2.24, 2.45) is 0 Å². The molecule has 6 heteroatoms. The Bertz CT molecular complexity index is 1150. The SMILES string of the molecule is Cc1ccccc1C(=O)NC1CCN(C(=O)CNC(=O)c2ccc(-c3ccccc3)cc2)CC1. The molecule has 1 saturated heterocycles. The Kier molecular flexibility index (Phi) is 7.38. The number of amides is 3. The third-order valence-corrected chi connectivity index (χ3v) is 6.23. The van der Waals surface area contributed by atoms with Crippen LogP contribution in [0.15, 0.2) is 78.9 Å². The first-order valence-electron chi connectivity index (χ1n) is 11.6. The van der Waals surface area contributed by atoms with Crippen molar-refractivity contribution in [2.45, 2.75) is 25.8 Å². The van der Waals surface area contributed by atoms with Gasteiger partial charge in [-0.05, 0) is 54.7 Å². The highest BCUT2D eigenvalue weighted by atomic mass is 16.2. The molecule has 0 aromatic heterocycles. The summed E-state index contributed by atoms with van der Waals surface area (Å²) in [5, 5.41) is 5.80. The lowest BCUT2D eigenvalue weighted by atomic mass is 10.0. The Morgan fingerprint density at radius 2 is 1.41 bits per heavy atom. The summed E-state index contributed by atoms with van der Waals surface area (Å²) in [6.45, 7) is 2.99. The maximum Gasteiger partial charge on any atom is 0.251 e. The van der Waals surface area contributed by atoms with Crippen molar-refractivity contribution < 1.29 is 14.4 Å². The van der Waals surface area contributed by atoms with Crippen LogP contribution in [0.4, 0.5) is 0 Å². The van der Waals surface area contributed by atoms with Gasteiger partial charge in [-0.15, -0.1) is 0 Å². The Balaban J connectivity index is 1.22. The molecule has 0 spiro atoms. The Hall–Kier alpha value is -3.93. The van der Waals surface area contributed by atoms with E-state index in [2.05, 4.69) is 10.6 Å². The Labute approximate surface area is 200 Å². The van der Waals surface area contributed by atoms with E-state index < -0.39 is 0 Å². The Morgan fingerprint density at radius 3 is 2.09 bits per heavy atom. The third-order valence-electron chi connectivity index (χ3n) is 6.23. The van der Waals surface area contributed by atoms with E-state index >= 15 is 0 Å². The molecule has 4 rings (SSSR count). The number of rotatable bonds is 6. The van der Waals surface area contributed by atoms with Gasteiger partial charge >= 0.3 is 0 Å². The van der Waals surface area contributed by atoms with Gasteiger partial charge in [-0.1, -0.05) is 60.7 Å². The van der Waals surface area contributed by atoms with E-state index in [-0.39, 0.29) is 30.3 Å². The minimum Gasteiger partial charge on any atom is -0.349 e. The smallest absolute Gasteiger partial charge is 0.251 e. The second-order valence-electron chi connectivity index (χ2n) is 8.57. The fourth-order valence-corrected chi connectivity index (χ4v) is 4.18. The van der Waals surface area contributed by atoms with E-state index in [1.807, 2.05) is 73.7 Å². The molecule has 6 nitrogen and oxygen atoms in total. The first-order chi connectivity index (χ1) is 16.5. The van der Waals surface area contributed by atoms with Crippen molar-refractivity contribution in [3.8, 4) is 11.1 Å². The molecule has 0 atom stereocenters. The van der Waals surface area contributed by atoms with Gasteiger partial charge in [-0.25, -0.2) is 0 Å². The van der Waals surface area contributed by atoms with Crippen molar-refractivity contribution in [1.82, 2.24) is 15.5 Å². The van der Waals surface area contributed by atoms with E-state index in [9.17, 15) is 14.4 Å². The molecule has 0 radical (unpaired) electrons. The van der Waals surface area contributed by atoms with E-state index in [0.29, 0.717) is 37.1 Å². The topological polar surface area (TPSA) is 78.5 Å². The second kappa shape index (κ2) is 10.8. The molecule has 1 heterocycles. The van der Waals surface area contributed by atoms with Crippen molar-refractivity contribution in [2.75, 3.05) is 19.6 Å². The minimum atomic E-state index is -0.270. The molecule has 0 unspecified atom stereocenters. The van der Waals surface area contributed by atoms with Crippen LogP contribution in [0.3, 0.4) is 0 Å². The molecule has 3 aromatic carbocycles. The van der Waals surface area contributed by atoms with Crippen molar-refractivity contribution in [3.63, 3.8) is 0 Å². The monoisotopic (exact) mass is 455 g/mol. The maximum atomic E-state index is 12.6. The first kappa shape index (κ1) is 23.2. The summed E-state index contributed by atoms with van der Waals surface area (Å²) in [5.74, 6) is -0.459. The van der Waals surface area contributed by atoms with Crippen LogP contribution >= 0.6 is 0 Å². The number of likely N-dealkylation sites (tertiary alicyclic amines) is 1. The molecule has 0 aliphatic carbocycles. The number of hydrogen-bond donors (Lipinski definition) is 2. The number of nitrogens with one attached hydrogen (secondary N) is 2. The summed E-state index contributed by atoms with van der Waals surface area (Å²) in [5.41, 5.74) is 4.26. The van der Waals surface area contributed by atoms with E-state index in [1.165, 1.54) is 0 Å². The van der Waals surface area contributed by atoms with Crippen LogP contribution < -0.4 is 10.6 Å². The summed E-state index contributed by atoms with van der Waals surface area (Å²) in [6.07, 6.45) is 1.39. The standard InChI is InChI=1S/C28H29N3O3/c1-20-7-5-6-10-25(20)28(34)30-24-15-17-31(18-16-24)26(32)19-29-27(33)23-13-11-22(12-14-23)21-8-3-2-4-9-21/h2-14,24H,15-19H2,1H3,(H,29,33)(H,30,34). The lowest BCUT2D eigenvalue weighted by Crippen LogP contribution is -2.49.